The molecule has 1 amide bonds. The molecule has 1 aromatic rings. The van der Waals surface area contributed by atoms with Gasteiger partial charge in [0.05, 0.1) is 6.42 Å². The highest BCUT2D eigenvalue weighted by Crippen LogP contribution is 2.24. The maximum absolute atomic E-state index is 11.7. The van der Waals surface area contributed by atoms with Crippen LogP contribution in [0.2, 0.25) is 0 Å². The lowest BCUT2D eigenvalue weighted by Crippen LogP contribution is -2.05. The highest BCUT2D eigenvalue weighted by molar-refractivity contribution is 6.02. The number of Topliss-reactive ketones (excluding diaryl/α,β-unsaturated/α-hetero) is 1. The monoisotopic (exact) mass is 218 g/mol. The molecule has 0 aliphatic carbocycles. The van der Waals surface area contributed by atoms with Crippen LogP contribution in [0.3, 0.4) is 0 Å². The Bertz CT molecular complexity index is 441. The van der Waals surface area contributed by atoms with Crippen molar-refractivity contribution in [2.45, 2.75) is 19.3 Å². The number of amides is 1. The first-order chi connectivity index (χ1) is 7.70. The number of rotatable bonds is 4. The van der Waals surface area contributed by atoms with Crippen LogP contribution in [0.25, 0.3) is 0 Å². The summed E-state index contributed by atoms with van der Waals surface area (Å²) in [6.07, 6.45) is 1.54. The molecule has 0 saturated heterocycles. The lowest BCUT2D eigenvalue weighted by Gasteiger charge is -2.03. The Hall–Kier alpha value is -1.68. The molecule has 0 radical (unpaired) electrons. The van der Waals surface area contributed by atoms with Gasteiger partial charge in [0.25, 0.3) is 0 Å². The second-order valence-electron chi connectivity index (χ2n) is 3.91. The Balaban J connectivity index is 2.16. The molecule has 0 saturated carbocycles. The average molecular weight is 218 g/mol. The standard InChI is InChI=1S/C12H14N2O2/c13-5-1-2-11(15)8-3-4-10-9(6-8)7-12(16)14-10/h3-4,6H,1-2,5,7,13H2,(H,14,16). The number of anilines is 1. The van der Waals surface area contributed by atoms with Crippen molar-refractivity contribution >= 4 is 17.4 Å². The Morgan fingerprint density at radius 1 is 1.44 bits per heavy atom. The van der Waals surface area contributed by atoms with Crippen LogP contribution in [0.4, 0.5) is 5.69 Å². The normalized spacial score (nSPS) is 13.4. The van der Waals surface area contributed by atoms with Gasteiger partial charge < -0.3 is 11.1 Å². The van der Waals surface area contributed by atoms with E-state index in [-0.39, 0.29) is 11.7 Å². The van der Waals surface area contributed by atoms with Crippen molar-refractivity contribution in [1.82, 2.24) is 0 Å². The second kappa shape index (κ2) is 4.45. The first-order valence-electron chi connectivity index (χ1n) is 5.37. The number of fused-ring (bicyclic) bond motifs is 1. The topological polar surface area (TPSA) is 72.2 Å². The summed E-state index contributed by atoms with van der Waals surface area (Å²) in [6, 6.07) is 5.34. The molecule has 4 nitrogen and oxygen atoms in total. The van der Waals surface area contributed by atoms with Crippen LogP contribution >= 0.6 is 0 Å². The molecule has 84 valence electrons. The van der Waals surface area contributed by atoms with E-state index in [2.05, 4.69) is 5.32 Å². The largest absolute Gasteiger partial charge is 0.330 e. The molecular weight excluding hydrogens is 204 g/mol. The van der Waals surface area contributed by atoms with E-state index in [1.54, 1.807) is 18.2 Å². The second-order valence-corrected chi connectivity index (χ2v) is 3.91. The number of carbonyl (C=O) groups excluding carboxylic acids is 2. The van der Waals surface area contributed by atoms with E-state index < -0.39 is 0 Å². The van der Waals surface area contributed by atoms with Crippen LogP contribution in [-0.4, -0.2) is 18.2 Å². The predicted molar refractivity (Wildman–Crippen MR) is 61.4 cm³/mol. The minimum Gasteiger partial charge on any atom is -0.330 e. The van der Waals surface area contributed by atoms with Gasteiger partial charge in [-0.05, 0) is 36.7 Å². The third-order valence-electron chi connectivity index (χ3n) is 2.66. The molecule has 0 atom stereocenters. The molecule has 3 N–H and O–H groups in total. The van der Waals surface area contributed by atoms with Crippen LogP contribution in [0.15, 0.2) is 18.2 Å². The van der Waals surface area contributed by atoms with Crippen LogP contribution in [0.1, 0.15) is 28.8 Å². The lowest BCUT2D eigenvalue weighted by atomic mass is 10.0. The maximum Gasteiger partial charge on any atom is 0.228 e. The summed E-state index contributed by atoms with van der Waals surface area (Å²) in [5, 5.41) is 2.74. The number of hydrogen-bond donors (Lipinski definition) is 2. The maximum atomic E-state index is 11.7. The fourth-order valence-corrected chi connectivity index (χ4v) is 1.81. The third-order valence-corrected chi connectivity index (χ3v) is 2.66. The van der Waals surface area contributed by atoms with E-state index in [4.69, 9.17) is 5.73 Å². The summed E-state index contributed by atoms with van der Waals surface area (Å²) in [5.74, 6) is 0.0779. The Morgan fingerprint density at radius 3 is 3.00 bits per heavy atom. The minimum atomic E-state index is -0.0124. The molecule has 0 aromatic heterocycles. The summed E-state index contributed by atoms with van der Waals surface area (Å²) in [6.45, 7) is 0.525. The van der Waals surface area contributed by atoms with Crippen molar-refractivity contribution in [1.29, 1.82) is 0 Å². The van der Waals surface area contributed by atoms with E-state index >= 15 is 0 Å². The van der Waals surface area contributed by atoms with Crippen LogP contribution in [0, 0.1) is 0 Å². The fraction of sp³-hybridized carbons (Fsp3) is 0.333. The van der Waals surface area contributed by atoms with E-state index in [1.807, 2.05) is 0 Å². The fourth-order valence-electron chi connectivity index (χ4n) is 1.81. The van der Waals surface area contributed by atoms with Gasteiger partial charge >= 0.3 is 0 Å². The molecule has 0 fully saturated rings. The zero-order chi connectivity index (χ0) is 11.5. The van der Waals surface area contributed by atoms with Crippen molar-refractivity contribution in [2.75, 3.05) is 11.9 Å². The molecule has 0 unspecified atom stereocenters. The molecule has 1 aromatic carbocycles. The molecule has 1 aliphatic heterocycles. The Kier molecular flexibility index (Phi) is 3.01. The molecule has 1 heterocycles. The summed E-state index contributed by atoms with van der Waals surface area (Å²) in [7, 11) is 0. The van der Waals surface area contributed by atoms with Crippen molar-refractivity contribution < 1.29 is 9.59 Å². The number of ketones is 1. The number of carbonyl (C=O) groups is 2. The van der Waals surface area contributed by atoms with Gasteiger partial charge in [-0.3, -0.25) is 9.59 Å². The molecular formula is C12H14N2O2. The first kappa shape index (κ1) is 10.8. The molecule has 0 spiro atoms. The van der Waals surface area contributed by atoms with Gasteiger partial charge in [0.2, 0.25) is 5.91 Å². The minimum absolute atomic E-state index is 0.0124. The van der Waals surface area contributed by atoms with Crippen molar-refractivity contribution in [3.8, 4) is 0 Å². The van der Waals surface area contributed by atoms with Gasteiger partial charge in [-0.2, -0.15) is 0 Å². The zero-order valence-corrected chi connectivity index (χ0v) is 8.95. The molecule has 1 aliphatic rings. The van der Waals surface area contributed by atoms with Gasteiger partial charge in [0, 0.05) is 17.7 Å². The lowest BCUT2D eigenvalue weighted by molar-refractivity contribution is -0.115. The SMILES string of the molecule is NCCCC(=O)c1ccc2c(c1)CC(=O)N2. The highest BCUT2D eigenvalue weighted by Gasteiger charge is 2.18. The summed E-state index contributed by atoms with van der Waals surface area (Å²) < 4.78 is 0. The number of nitrogens with one attached hydrogen (secondary N) is 1. The van der Waals surface area contributed by atoms with E-state index in [0.717, 1.165) is 11.3 Å². The molecule has 16 heavy (non-hydrogen) atoms. The summed E-state index contributed by atoms with van der Waals surface area (Å²) in [5.41, 5.74) is 7.75. The Labute approximate surface area is 93.8 Å². The van der Waals surface area contributed by atoms with Gasteiger partial charge in [-0.1, -0.05) is 0 Å². The summed E-state index contributed by atoms with van der Waals surface area (Å²) >= 11 is 0. The number of hydrogen-bond acceptors (Lipinski definition) is 3. The van der Waals surface area contributed by atoms with Crippen LogP contribution < -0.4 is 11.1 Å². The van der Waals surface area contributed by atoms with Gasteiger partial charge in [0.15, 0.2) is 5.78 Å². The van der Waals surface area contributed by atoms with E-state index in [0.29, 0.717) is 31.4 Å². The van der Waals surface area contributed by atoms with Crippen molar-refractivity contribution in [2.24, 2.45) is 5.73 Å². The highest BCUT2D eigenvalue weighted by atomic mass is 16.1. The summed E-state index contributed by atoms with van der Waals surface area (Å²) in [4.78, 5) is 22.9. The number of benzene rings is 1. The quantitative estimate of drug-likeness (QED) is 0.743. The molecule has 4 heteroatoms. The van der Waals surface area contributed by atoms with Gasteiger partial charge in [-0.25, -0.2) is 0 Å². The molecule has 2 rings (SSSR count). The van der Waals surface area contributed by atoms with Gasteiger partial charge in [0.1, 0.15) is 0 Å². The zero-order valence-electron chi connectivity index (χ0n) is 8.95. The predicted octanol–water partition coefficient (Wildman–Crippen LogP) is 1.10. The van der Waals surface area contributed by atoms with Gasteiger partial charge in [-0.15, -0.1) is 0 Å². The van der Waals surface area contributed by atoms with Crippen molar-refractivity contribution in [3.05, 3.63) is 29.3 Å². The van der Waals surface area contributed by atoms with E-state index in [9.17, 15) is 9.59 Å². The molecule has 0 bridgehead atoms. The number of nitrogens with two attached hydrogens (primary N) is 1. The smallest absolute Gasteiger partial charge is 0.228 e. The first-order valence-corrected chi connectivity index (χ1v) is 5.37. The average Bonchev–Trinajstić information content (AvgIpc) is 2.64. The Morgan fingerprint density at radius 2 is 2.25 bits per heavy atom. The van der Waals surface area contributed by atoms with Crippen LogP contribution in [0.5, 0.6) is 0 Å². The van der Waals surface area contributed by atoms with Crippen LogP contribution in [-0.2, 0) is 11.2 Å². The van der Waals surface area contributed by atoms with E-state index in [1.165, 1.54) is 0 Å². The third kappa shape index (κ3) is 2.12. The van der Waals surface area contributed by atoms with Crippen molar-refractivity contribution in [3.63, 3.8) is 0 Å².